The van der Waals surface area contributed by atoms with Gasteiger partial charge in [0.1, 0.15) is 0 Å². The van der Waals surface area contributed by atoms with Gasteiger partial charge in [-0.2, -0.15) is 3.89 Å². The minimum atomic E-state index is 0.0905. The van der Waals surface area contributed by atoms with Crippen LogP contribution in [0.2, 0.25) is 0 Å². The molecule has 0 heterocycles. The third-order valence-corrected chi connectivity index (χ3v) is 2.20. The second kappa shape index (κ2) is 4.85. The number of anilines is 2. The molecule has 0 radical (unpaired) electrons. The molecule has 0 atom stereocenters. The summed E-state index contributed by atoms with van der Waals surface area (Å²) in [6.45, 7) is 2.57. The molecule has 14 heavy (non-hydrogen) atoms. The lowest BCUT2D eigenvalue weighted by atomic mass is 10.2. The van der Waals surface area contributed by atoms with E-state index in [1.165, 1.54) is 6.07 Å². The van der Waals surface area contributed by atoms with Gasteiger partial charge < -0.3 is 11.5 Å². The van der Waals surface area contributed by atoms with E-state index in [4.69, 9.17) is 11.5 Å². The van der Waals surface area contributed by atoms with Crippen LogP contribution in [-0.4, -0.2) is 12.8 Å². The minimum absolute atomic E-state index is 0.0905. The summed E-state index contributed by atoms with van der Waals surface area (Å²) in [5.74, 6) is 0. The molecule has 0 aliphatic rings. The van der Waals surface area contributed by atoms with E-state index in [1.807, 2.05) is 6.92 Å². The summed E-state index contributed by atoms with van der Waals surface area (Å²) in [5, 5.41) is 0. The van der Waals surface area contributed by atoms with Crippen molar-refractivity contribution in [2.24, 2.45) is 4.99 Å². The Balaban J connectivity index is 3.15. The Bertz CT molecular complexity index is 352. The molecule has 3 nitrogen and oxygen atoms in total. The highest BCUT2D eigenvalue weighted by Crippen LogP contribution is 2.30. The van der Waals surface area contributed by atoms with Gasteiger partial charge in [-0.25, -0.2) is 0 Å². The molecule has 0 saturated heterocycles. The highest BCUT2D eigenvalue weighted by molar-refractivity contribution is 7.94. The Morgan fingerprint density at radius 2 is 2.21 bits per heavy atom. The number of rotatable bonds is 3. The second-order valence-corrected chi connectivity index (χ2v) is 3.32. The number of nitrogens with zero attached hydrogens (tertiary/aromatic N) is 1. The zero-order valence-electron chi connectivity index (χ0n) is 7.83. The Labute approximate surface area is 86.7 Å². The first-order chi connectivity index (χ1) is 6.69. The zero-order valence-corrected chi connectivity index (χ0v) is 8.64. The van der Waals surface area contributed by atoms with Gasteiger partial charge in [0.2, 0.25) is 0 Å². The first-order valence-corrected chi connectivity index (χ1v) is 4.88. The van der Waals surface area contributed by atoms with Crippen molar-refractivity contribution in [1.82, 2.24) is 0 Å². The molecule has 0 aliphatic heterocycles. The number of hydrogen-bond acceptors (Lipinski definition) is 4. The van der Waals surface area contributed by atoms with Gasteiger partial charge in [-0.1, -0.05) is 0 Å². The van der Waals surface area contributed by atoms with Crippen molar-refractivity contribution in [3.63, 3.8) is 0 Å². The van der Waals surface area contributed by atoms with E-state index in [0.717, 1.165) is 0 Å². The van der Waals surface area contributed by atoms with Crippen LogP contribution in [0, 0.1) is 0 Å². The molecule has 0 unspecified atom stereocenters. The Morgan fingerprint density at radius 1 is 1.50 bits per heavy atom. The molecule has 0 bridgehead atoms. The summed E-state index contributed by atoms with van der Waals surface area (Å²) in [7, 11) is 0. The first-order valence-electron chi connectivity index (χ1n) is 4.16. The Hall–Kier alpha value is -1.23. The smallest absolute Gasteiger partial charge is 0.0835 e. The van der Waals surface area contributed by atoms with Crippen molar-refractivity contribution >= 4 is 29.7 Å². The van der Waals surface area contributed by atoms with E-state index in [-0.39, 0.29) is 12.1 Å². The summed E-state index contributed by atoms with van der Waals surface area (Å²) < 4.78 is 12.4. The molecule has 0 aliphatic carbocycles. The van der Waals surface area contributed by atoms with Gasteiger partial charge in [0, 0.05) is 24.0 Å². The normalized spacial score (nSPS) is 11.0. The molecule has 0 fully saturated rings. The molecule has 5 heteroatoms. The topological polar surface area (TPSA) is 64.4 Å². The number of nitrogen functional groups attached to an aromatic ring is 2. The summed E-state index contributed by atoms with van der Waals surface area (Å²) >= 11 is 0.0905. The molecule has 1 aromatic carbocycles. The molecule has 0 saturated carbocycles. The van der Waals surface area contributed by atoms with Crippen LogP contribution in [0.4, 0.5) is 15.3 Å². The fraction of sp³-hybridized carbons (Fsp3) is 0.222. The number of nitrogens with two attached hydrogens (primary N) is 2. The lowest BCUT2D eigenvalue weighted by Gasteiger charge is -2.05. The molecule has 76 valence electrons. The first kappa shape index (κ1) is 10.8. The van der Waals surface area contributed by atoms with Crippen LogP contribution in [0.1, 0.15) is 12.5 Å². The predicted molar refractivity (Wildman–Crippen MR) is 60.4 cm³/mol. The van der Waals surface area contributed by atoms with Crippen LogP contribution in [0.3, 0.4) is 0 Å². The number of benzene rings is 1. The van der Waals surface area contributed by atoms with Crippen molar-refractivity contribution in [3.8, 4) is 0 Å². The van der Waals surface area contributed by atoms with Crippen LogP contribution in [0.15, 0.2) is 22.0 Å². The van der Waals surface area contributed by atoms with Crippen molar-refractivity contribution in [3.05, 3.63) is 17.7 Å². The van der Waals surface area contributed by atoms with Crippen molar-refractivity contribution in [2.45, 2.75) is 11.8 Å². The fourth-order valence-corrected chi connectivity index (χ4v) is 1.41. The molecule has 1 aromatic rings. The second-order valence-electron chi connectivity index (χ2n) is 2.73. The van der Waals surface area contributed by atoms with Crippen molar-refractivity contribution in [1.29, 1.82) is 0 Å². The summed E-state index contributed by atoms with van der Waals surface area (Å²) in [6.07, 6.45) is 1.60. The standard InChI is InChI=1S/C9H12FN3S/c1-2-13-5-6-3-7(11)4-8(14-10)9(6)12/h3-5H,2,11-12H2,1H3. The average molecular weight is 213 g/mol. The van der Waals surface area contributed by atoms with Crippen LogP contribution >= 0.6 is 12.1 Å². The van der Waals surface area contributed by atoms with Gasteiger partial charge in [0.25, 0.3) is 0 Å². The number of halogens is 1. The summed E-state index contributed by atoms with van der Waals surface area (Å²) in [6, 6.07) is 3.18. The van der Waals surface area contributed by atoms with Crippen LogP contribution < -0.4 is 11.5 Å². The zero-order chi connectivity index (χ0) is 10.6. The molecule has 0 amide bonds. The van der Waals surface area contributed by atoms with Crippen molar-refractivity contribution in [2.75, 3.05) is 18.0 Å². The molecule has 0 spiro atoms. The van der Waals surface area contributed by atoms with E-state index in [2.05, 4.69) is 4.99 Å². The van der Waals surface area contributed by atoms with Gasteiger partial charge >= 0.3 is 0 Å². The Kier molecular flexibility index (Phi) is 3.76. The predicted octanol–water partition coefficient (Wildman–Crippen LogP) is 2.27. The van der Waals surface area contributed by atoms with E-state index in [9.17, 15) is 3.89 Å². The largest absolute Gasteiger partial charge is 0.399 e. The SMILES string of the molecule is CCN=Cc1cc(N)cc(SF)c1N. The third-order valence-electron chi connectivity index (χ3n) is 1.69. The van der Waals surface area contributed by atoms with E-state index >= 15 is 0 Å². The van der Waals surface area contributed by atoms with Gasteiger partial charge in [-0.3, -0.25) is 4.99 Å². The molecule has 4 N–H and O–H groups in total. The maximum absolute atomic E-state index is 12.4. The quantitative estimate of drug-likeness (QED) is 0.598. The number of hydrogen-bond donors (Lipinski definition) is 2. The Morgan fingerprint density at radius 3 is 2.79 bits per heavy atom. The summed E-state index contributed by atoms with van der Waals surface area (Å²) in [5.41, 5.74) is 12.8. The maximum Gasteiger partial charge on any atom is 0.0835 e. The van der Waals surface area contributed by atoms with Gasteiger partial charge in [0.15, 0.2) is 0 Å². The van der Waals surface area contributed by atoms with Gasteiger partial charge in [-0.05, 0) is 19.1 Å². The molecular formula is C9H12FN3S. The van der Waals surface area contributed by atoms with E-state index in [0.29, 0.717) is 28.4 Å². The fourth-order valence-electron chi connectivity index (χ4n) is 1.03. The average Bonchev–Trinajstić information content (AvgIpc) is 2.18. The third kappa shape index (κ3) is 2.38. The van der Waals surface area contributed by atoms with Gasteiger partial charge in [0.05, 0.1) is 22.7 Å². The van der Waals surface area contributed by atoms with Gasteiger partial charge in [-0.15, -0.1) is 0 Å². The van der Waals surface area contributed by atoms with Crippen molar-refractivity contribution < 1.29 is 3.89 Å². The molecule has 1 rings (SSSR count). The maximum atomic E-state index is 12.4. The van der Waals surface area contributed by atoms with Crippen LogP contribution in [0.25, 0.3) is 0 Å². The lowest BCUT2D eigenvalue weighted by molar-refractivity contribution is 0.935. The molecular weight excluding hydrogens is 201 g/mol. The van der Waals surface area contributed by atoms with Crippen LogP contribution in [-0.2, 0) is 0 Å². The lowest BCUT2D eigenvalue weighted by Crippen LogP contribution is -1.98. The molecule has 0 aromatic heterocycles. The highest BCUT2D eigenvalue weighted by atomic mass is 32.2. The number of aliphatic imine (C=N–C) groups is 1. The monoisotopic (exact) mass is 213 g/mol. The highest BCUT2D eigenvalue weighted by Gasteiger charge is 2.06. The van der Waals surface area contributed by atoms with E-state index < -0.39 is 0 Å². The van der Waals surface area contributed by atoms with Crippen LogP contribution in [0.5, 0.6) is 0 Å². The summed E-state index contributed by atoms with van der Waals surface area (Å²) in [4.78, 5) is 4.36. The van der Waals surface area contributed by atoms with E-state index in [1.54, 1.807) is 12.3 Å². The minimum Gasteiger partial charge on any atom is -0.399 e.